The highest BCUT2D eigenvalue weighted by molar-refractivity contribution is 7.84. The van der Waals surface area contributed by atoms with Gasteiger partial charge in [0.05, 0.1) is 0 Å². The molecular weight excluding hydrogens is 180 g/mol. The summed E-state index contributed by atoms with van der Waals surface area (Å²) in [6.07, 6.45) is 7.57. The lowest BCUT2D eigenvalue weighted by Gasteiger charge is -2.34. The van der Waals surface area contributed by atoms with Crippen molar-refractivity contribution in [3.05, 3.63) is 23.1 Å². The minimum absolute atomic E-state index is 0.583. The Labute approximate surface area is 85.1 Å². The number of hydrogen-bond donors (Lipinski definition) is 2. The van der Waals surface area contributed by atoms with Gasteiger partial charge in [-0.15, -0.1) is 12.6 Å². The molecule has 1 aliphatic carbocycles. The molecule has 0 aromatic rings. The van der Waals surface area contributed by atoms with Crippen molar-refractivity contribution in [2.75, 3.05) is 26.2 Å². The van der Waals surface area contributed by atoms with Crippen LogP contribution in [0.3, 0.4) is 0 Å². The number of allylic oxidation sites excluding steroid dienone is 2. The third-order valence-electron chi connectivity index (χ3n) is 2.66. The fourth-order valence-electron chi connectivity index (χ4n) is 1.91. The van der Waals surface area contributed by atoms with Crippen LogP contribution in [-0.4, -0.2) is 37.1 Å². The summed E-state index contributed by atoms with van der Waals surface area (Å²) >= 11 is 4.41. The molecule has 1 heterocycles. The summed E-state index contributed by atoms with van der Waals surface area (Å²) < 4.78 is 0. The van der Waals surface area contributed by atoms with Crippen molar-refractivity contribution in [3.63, 3.8) is 0 Å². The quantitative estimate of drug-likeness (QED) is 0.609. The van der Waals surface area contributed by atoms with Crippen molar-refractivity contribution >= 4 is 12.6 Å². The van der Waals surface area contributed by atoms with Gasteiger partial charge in [-0.3, -0.25) is 4.90 Å². The van der Waals surface area contributed by atoms with Crippen LogP contribution in [0.15, 0.2) is 23.1 Å². The Bertz CT molecular complexity index is 229. The predicted octanol–water partition coefficient (Wildman–Crippen LogP) is 1.03. The number of nitrogens with zero attached hydrogens (tertiary/aromatic N) is 1. The zero-order valence-electron chi connectivity index (χ0n) is 7.74. The molecule has 1 fully saturated rings. The van der Waals surface area contributed by atoms with E-state index < -0.39 is 0 Å². The molecule has 0 saturated carbocycles. The number of thiol groups is 1. The largest absolute Gasteiger partial charge is 0.314 e. The summed E-state index contributed by atoms with van der Waals surface area (Å²) in [5.74, 6) is 0. The molecule has 1 atom stereocenters. The Morgan fingerprint density at radius 2 is 2.15 bits per heavy atom. The normalized spacial score (nSPS) is 30.2. The molecule has 2 aliphatic rings. The second-order valence-electron chi connectivity index (χ2n) is 3.60. The molecule has 0 amide bonds. The summed E-state index contributed by atoms with van der Waals surface area (Å²) in [7, 11) is 0. The van der Waals surface area contributed by atoms with Crippen LogP contribution in [0.2, 0.25) is 0 Å². The van der Waals surface area contributed by atoms with Crippen molar-refractivity contribution in [2.24, 2.45) is 0 Å². The maximum absolute atomic E-state index is 4.41. The average Bonchev–Trinajstić information content (AvgIpc) is 2.19. The predicted molar refractivity (Wildman–Crippen MR) is 59.1 cm³/mol. The molecule has 2 nitrogen and oxygen atoms in total. The molecule has 2 rings (SSSR count). The first kappa shape index (κ1) is 9.31. The zero-order chi connectivity index (χ0) is 9.10. The summed E-state index contributed by atoms with van der Waals surface area (Å²) in [4.78, 5) is 3.72. The average molecular weight is 196 g/mol. The van der Waals surface area contributed by atoms with Crippen LogP contribution in [-0.2, 0) is 0 Å². The Hall–Kier alpha value is -0.250. The van der Waals surface area contributed by atoms with E-state index in [-0.39, 0.29) is 0 Å². The second kappa shape index (κ2) is 4.31. The zero-order valence-corrected chi connectivity index (χ0v) is 8.63. The van der Waals surface area contributed by atoms with E-state index in [1.54, 1.807) is 0 Å². The van der Waals surface area contributed by atoms with Gasteiger partial charge in [0.1, 0.15) is 0 Å². The van der Waals surface area contributed by atoms with E-state index in [1.807, 2.05) is 0 Å². The van der Waals surface area contributed by atoms with Gasteiger partial charge in [-0.2, -0.15) is 0 Å². The standard InChI is InChI=1S/C10H16N2S/c13-10-3-1-2-9(8-10)12-6-4-11-5-7-12/h1-3,9,11,13H,4-8H2. The van der Waals surface area contributed by atoms with Gasteiger partial charge in [0.25, 0.3) is 0 Å². The van der Waals surface area contributed by atoms with E-state index in [1.165, 1.54) is 4.91 Å². The van der Waals surface area contributed by atoms with E-state index in [0.717, 1.165) is 32.6 Å². The van der Waals surface area contributed by atoms with Crippen LogP contribution in [0.5, 0.6) is 0 Å². The highest BCUT2D eigenvalue weighted by Gasteiger charge is 2.19. The lowest BCUT2D eigenvalue weighted by molar-refractivity contribution is 0.201. The van der Waals surface area contributed by atoms with Gasteiger partial charge >= 0.3 is 0 Å². The first-order valence-corrected chi connectivity index (χ1v) is 5.32. The highest BCUT2D eigenvalue weighted by Crippen LogP contribution is 2.20. The SMILES string of the molecule is SC1=CC=CC(N2CCNCC2)C1. The van der Waals surface area contributed by atoms with Crippen LogP contribution in [0, 0.1) is 0 Å². The van der Waals surface area contributed by atoms with Crippen LogP contribution >= 0.6 is 12.6 Å². The van der Waals surface area contributed by atoms with E-state index >= 15 is 0 Å². The van der Waals surface area contributed by atoms with Gasteiger partial charge in [-0.05, 0) is 11.3 Å². The van der Waals surface area contributed by atoms with Gasteiger partial charge in [0.2, 0.25) is 0 Å². The molecule has 0 aromatic carbocycles. The third-order valence-corrected chi connectivity index (χ3v) is 2.99. The molecular formula is C10H16N2S. The summed E-state index contributed by atoms with van der Waals surface area (Å²) in [5, 5.41) is 3.37. The fourth-order valence-corrected chi connectivity index (χ4v) is 2.18. The highest BCUT2D eigenvalue weighted by atomic mass is 32.1. The third kappa shape index (κ3) is 2.36. The van der Waals surface area contributed by atoms with E-state index in [0.29, 0.717) is 6.04 Å². The Kier molecular flexibility index (Phi) is 3.09. The molecule has 0 radical (unpaired) electrons. The van der Waals surface area contributed by atoms with Gasteiger partial charge in [0, 0.05) is 32.2 Å². The molecule has 72 valence electrons. The van der Waals surface area contributed by atoms with E-state index in [4.69, 9.17) is 0 Å². The molecule has 1 saturated heterocycles. The first-order chi connectivity index (χ1) is 6.36. The lowest BCUT2D eigenvalue weighted by atomic mass is 10.1. The number of hydrogen-bond acceptors (Lipinski definition) is 3. The number of rotatable bonds is 1. The van der Waals surface area contributed by atoms with Crippen molar-refractivity contribution in [1.82, 2.24) is 10.2 Å². The van der Waals surface area contributed by atoms with Crippen LogP contribution in [0.25, 0.3) is 0 Å². The van der Waals surface area contributed by atoms with Crippen LogP contribution < -0.4 is 5.32 Å². The molecule has 0 spiro atoms. The molecule has 1 unspecified atom stereocenters. The summed E-state index contributed by atoms with van der Waals surface area (Å²) in [5.41, 5.74) is 0. The van der Waals surface area contributed by atoms with E-state index in [2.05, 4.69) is 41.1 Å². The van der Waals surface area contributed by atoms with Crippen molar-refractivity contribution in [1.29, 1.82) is 0 Å². The minimum atomic E-state index is 0.583. The number of nitrogens with one attached hydrogen (secondary N) is 1. The molecule has 3 heteroatoms. The Balaban J connectivity index is 1.93. The monoisotopic (exact) mass is 196 g/mol. The van der Waals surface area contributed by atoms with Crippen LogP contribution in [0.1, 0.15) is 6.42 Å². The minimum Gasteiger partial charge on any atom is -0.314 e. The second-order valence-corrected chi connectivity index (χ2v) is 4.17. The first-order valence-electron chi connectivity index (χ1n) is 4.87. The maximum atomic E-state index is 4.41. The van der Waals surface area contributed by atoms with Crippen molar-refractivity contribution in [2.45, 2.75) is 12.5 Å². The van der Waals surface area contributed by atoms with Gasteiger partial charge in [-0.25, -0.2) is 0 Å². The summed E-state index contributed by atoms with van der Waals surface area (Å²) in [6.45, 7) is 4.57. The molecule has 0 bridgehead atoms. The molecule has 1 aliphatic heterocycles. The van der Waals surface area contributed by atoms with Crippen molar-refractivity contribution < 1.29 is 0 Å². The van der Waals surface area contributed by atoms with E-state index in [9.17, 15) is 0 Å². The Morgan fingerprint density at radius 3 is 2.85 bits per heavy atom. The maximum Gasteiger partial charge on any atom is 0.0327 e. The van der Waals surface area contributed by atoms with Gasteiger partial charge in [-0.1, -0.05) is 18.2 Å². The molecule has 0 aromatic heterocycles. The molecule has 13 heavy (non-hydrogen) atoms. The Morgan fingerprint density at radius 1 is 1.38 bits per heavy atom. The topological polar surface area (TPSA) is 15.3 Å². The smallest absolute Gasteiger partial charge is 0.0327 e. The molecule has 1 N–H and O–H groups in total. The summed E-state index contributed by atoms with van der Waals surface area (Å²) in [6, 6.07) is 0.583. The fraction of sp³-hybridized carbons (Fsp3) is 0.600. The lowest BCUT2D eigenvalue weighted by Crippen LogP contribution is -2.48. The van der Waals surface area contributed by atoms with Gasteiger partial charge < -0.3 is 5.32 Å². The number of piperazine rings is 1. The van der Waals surface area contributed by atoms with Crippen molar-refractivity contribution in [3.8, 4) is 0 Å². The van der Waals surface area contributed by atoms with Crippen LogP contribution in [0.4, 0.5) is 0 Å². The van der Waals surface area contributed by atoms with Gasteiger partial charge in [0.15, 0.2) is 0 Å².